The van der Waals surface area contributed by atoms with Gasteiger partial charge in [-0.25, -0.2) is 9.88 Å². The monoisotopic (exact) mass is 585 g/mol. The molecule has 0 aliphatic carbocycles. The first-order valence-electron chi connectivity index (χ1n) is 14.5. The van der Waals surface area contributed by atoms with Crippen LogP contribution in [-0.2, 0) is 19.6 Å². The molecule has 5 aromatic rings. The Morgan fingerprint density at radius 2 is 0.930 bits per heavy atom. The van der Waals surface area contributed by atoms with Gasteiger partial charge in [0.25, 0.3) is 0 Å². The lowest BCUT2D eigenvalue weighted by Gasteiger charge is -2.29. The van der Waals surface area contributed by atoms with Crippen molar-refractivity contribution in [3.05, 3.63) is 167 Å². The SMILES string of the molecule is O=C1N(Cc2ccccc2)[C@H]2c3ccccc3OP(NCc3ccccc3)Oc3ccccc3[C@@H]2N1Cc1ccccc1. The summed E-state index contributed by atoms with van der Waals surface area (Å²) >= 11 is 0. The third-order valence-corrected chi connectivity index (χ3v) is 9.09. The van der Waals surface area contributed by atoms with Gasteiger partial charge in [0.05, 0.1) is 12.1 Å². The average molecular weight is 586 g/mol. The summed E-state index contributed by atoms with van der Waals surface area (Å²) in [6.45, 7) is 1.55. The summed E-state index contributed by atoms with van der Waals surface area (Å²) in [7, 11) is -1.56. The highest BCUT2D eigenvalue weighted by Crippen LogP contribution is 2.54. The van der Waals surface area contributed by atoms with Gasteiger partial charge in [0.15, 0.2) is 0 Å². The van der Waals surface area contributed by atoms with Crippen molar-refractivity contribution < 1.29 is 13.8 Å². The van der Waals surface area contributed by atoms with Crippen LogP contribution in [0.25, 0.3) is 0 Å². The van der Waals surface area contributed by atoms with E-state index in [1.54, 1.807) is 0 Å². The molecule has 2 heterocycles. The predicted molar refractivity (Wildman–Crippen MR) is 169 cm³/mol. The molecule has 214 valence electrons. The molecule has 0 radical (unpaired) electrons. The van der Waals surface area contributed by atoms with E-state index in [2.05, 4.69) is 53.6 Å². The smallest absolute Gasteiger partial charge is 0.381 e. The summed E-state index contributed by atoms with van der Waals surface area (Å²) < 4.78 is 13.3. The summed E-state index contributed by atoms with van der Waals surface area (Å²) in [5.74, 6) is 1.42. The van der Waals surface area contributed by atoms with Crippen molar-refractivity contribution in [1.29, 1.82) is 0 Å². The molecular formula is C36H32N3O3P. The van der Waals surface area contributed by atoms with Gasteiger partial charge in [-0.3, -0.25) is 0 Å². The molecule has 7 rings (SSSR count). The number of carbonyl (C=O) groups is 1. The quantitative estimate of drug-likeness (QED) is 0.195. The molecule has 2 aliphatic rings. The Labute approximate surface area is 253 Å². The number of amides is 2. The topological polar surface area (TPSA) is 54.0 Å². The molecule has 2 aliphatic heterocycles. The molecule has 0 saturated carbocycles. The summed E-state index contributed by atoms with van der Waals surface area (Å²) in [4.78, 5) is 18.5. The number of fused-ring (bicyclic) bond motifs is 5. The fourth-order valence-electron chi connectivity index (χ4n) is 5.94. The van der Waals surface area contributed by atoms with Gasteiger partial charge in [0, 0.05) is 30.8 Å². The van der Waals surface area contributed by atoms with E-state index in [9.17, 15) is 4.79 Å². The first kappa shape index (κ1) is 27.2. The van der Waals surface area contributed by atoms with Crippen LogP contribution in [0.15, 0.2) is 140 Å². The normalized spacial score (nSPS) is 17.9. The van der Waals surface area contributed by atoms with Crippen LogP contribution in [-0.4, -0.2) is 15.8 Å². The third-order valence-electron chi connectivity index (χ3n) is 7.95. The fraction of sp³-hybridized carbons (Fsp3) is 0.139. The Bertz CT molecular complexity index is 1580. The zero-order chi connectivity index (χ0) is 29.0. The minimum atomic E-state index is -1.56. The highest BCUT2D eigenvalue weighted by molar-refractivity contribution is 7.45. The maximum Gasteiger partial charge on any atom is 0.381 e. The van der Waals surface area contributed by atoms with Gasteiger partial charge >= 0.3 is 14.6 Å². The van der Waals surface area contributed by atoms with Crippen molar-refractivity contribution in [2.24, 2.45) is 0 Å². The van der Waals surface area contributed by atoms with E-state index < -0.39 is 8.53 Å². The van der Waals surface area contributed by atoms with Crippen molar-refractivity contribution in [3.8, 4) is 11.5 Å². The molecule has 5 aromatic carbocycles. The second-order valence-corrected chi connectivity index (χ2v) is 11.9. The number of rotatable bonds is 7. The molecule has 0 spiro atoms. The van der Waals surface area contributed by atoms with Crippen LogP contribution >= 0.6 is 8.53 Å². The molecule has 0 aromatic heterocycles. The third kappa shape index (κ3) is 5.72. The Morgan fingerprint density at radius 1 is 0.535 bits per heavy atom. The number of para-hydroxylation sites is 2. The van der Waals surface area contributed by atoms with Crippen LogP contribution in [0.1, 0.15) is 39.9 Å². The van der Waals surface area contributed by atoms with E-state index in [0.717, 1.165) is 27.8 Å². The molecule has 7 heteroatoms. The number of hydrogen-bond donors (Lipinski definition) is 1. The van der Waals surface area contributed by atoms with Crippen LogP contribution in [0.3, 0.4) is 0 Å². The van der Waals surface area contributed by atoms with E-state index in [1.807, 2.05) is 101 Å². The van der Waals surface area contributed by atoms with Crippen LogP contribution in [0.2, 0.25) is 0 Å². The zero-order valence-corrected chi connectivity index (χ0v) is 24.5. The largest absolute Gasteiger partial charge is 0.427 e. The van der Waals surface area contributed by atoms with Crippen LogP contribution < -0.4 is 14.1 Å². The minimum absolute atomic E-state index is 0.0163. The number of urea groups is 1. The summed E-state index contributed by atoms with van der Waals surface area (Å²) in [6.07, 6.45) is 0. The maximum atomic E-state index is 14.5. The number of nitrogens with one attached hydrogen (secondary N) is 1. The van der Waals surface area contributed by atoms with Gasteiger partial charge in [-0.15, -0.1) is 0 Å². The molecule has 2 atom stereocenters. The summed E-state index contributed by atoms with van der Waals surface area (Å²) in [5, 5.41) is 3.52. The Hall–Kier alpha value is -4.64. The van der Waals surface area contributed by atoms with Gasteiger partial charge in [-0.1, -0.05) is 127 Å². The van der Waals surface area contributed by atoms with Crippen molar-refractivity contribution in [2.45, 2.75) is 31.7 Å². The van der Waals surface area contributed by atoms with Gasteiger partial charge in [-0.05, 0) is 28.8 Å². The van der Waals surface area contributed by atoms with Crippen LogP contribution in [0.5, 0.6) is 11.5 Å². The van der Waals surface area contributed by atoms with Gasteiger partial charge in [0.2, 0.25) is 0 Å². The van der Waals surface area contributed by atoms with Crippen molar-refractivity contribution in [1.82, 2.24) is 14.9 Å². The lowest BCUT2D eigenvalue weighted by molar-refractivity contribution is 0.180. The van der Waals surface area contributed by atoms with Crippen LogP contribution in [0, 0.1) is 0 Å². The number of nitrogens with zero attached hydrogens (tertiary/aromatic N) is 2. The van der Waals surface area contributed by atoms with Gasteiger partial charge < -0.3 is 18.8 Å². The van der Waals surface area contributed by atoms with Crippen molar-refractivity contribution >= 4 is 14.6 Å². The van der Waals surface area contributed by atoms with E-state index in [-0.39, 0.29) is 18.1 Å². The molecule has 2 amide bonds. The second kappa shape index (κ2) is 12.3. The summed E-state index contributed by atoms with van der Waals surface area (Å²) in [6, 6.07) is 46.1. The molecule has 43 heavy (non-hydrogen) atoms. The van der Waals surface area contributed by atoms with E-state index in [0.29, 0.717) is 31.1 Å². The van der Waals surface area contributed by atoms with E-state index in [1.165, 1.54) is 0 Å². The standard InChI is InChI=1S/C36H32N3O3P/c40-36-38(25-28-16-6-2-7-17-28)34-30-20-10-12-22-32(30)41-43(37-24-27-14-4-1-5-15-27)42-33-23-13-11-21-31(33)35(34)39(36)26-29-18-8-3-9-19-29/h1-23,34-35,37H,24-26H2/t34-,35-/m0/s1. The highest BCUT2D eigenvalue weighted by Gasteiger charge is 2.49. The Kier molecular flexibility index (Phi) is 7.79. The number of benzene rings is 5. The molecule has 1 N–H and O–H groups in total. The molecule has 1 fully saturated rings. The van der Waals surface area contributed by atoms with Gasteiger partial charge in [0.1, 0.15) is 11.5 Å². The Balaban J connectivity index is 1.35. The number of carbonyl (C=O) groups excluding carboxylic acids is 1. The molecule has 0 bridgehead atoms. The minimum Gasteiger partial charge on any atom is -0.427 e. The number of hydrogen-bond acceptors (Lipinski definition) is 4. The molecular weight excluding hydrogens is 553 g/mol. The first-order valence-corrected chi connectivity index (χ1v) is 15.7. The van der Waals surface area contributed by atoms with E-state index >= 15 is 0 Å². The summed E-state index contributed by atoms with van der Waals surface area (Å²) in [5.41, 5.74) is 5.21. The fourth-order valence-corrected chi connectivity index (χ4v) is 7.11. The maximum absolute atomic E-state index is 14.5. The highest BCUT2D eigenvalue weighted by atomic mass is 31.2. The molecule has 0 unspecified atom stereocenters. The second-order valence-electron chi connectivity index (χ2n) is 10.7. The van der Waals surface area contributed by atoms with Gasteiger partial charge in [-0.2, -0.15) is 0 Å². The predicted octanol–water partition coefficient (Wildman–Crippen LogP) is 8.39. The van der Waals surface area contributed by atoms with Crippen molar-refractivity contribution in [2.75, 3.05) is 0 Å². The van der Waals surface area contributed by atoms with E-state index in [4.69, 9.17) is 9.05 Å². The Morgan fingerprint density at radius 3 is 1.40 bits per heavy atom. The molecule has 6 nitrogen and oxygen atoms in total. The van der Waals surface area contributed by atoms with Crippen molar-refractivity contribution in [3.63, 3.8) is 0 Å². The first-order chi connectivity index (χ1) is 21.2. The van der Waals surface area contributed by atoms with Crippen LogP contribution in [0.4, 0.5) is 4.79 Å². The lowest BCUT2D eigenvalue weighted by Crippen LogP contribution is -2.32. The lowest BCUT2D eigenvalue weighted by atomic mass is 9.91. The molecule has 1 saturated heterocycles. The average Bonchev–Trinajstić information content (AvgIpc) is 3.34. The zero-order valence-electron chi connectivity index (χ0n) is 23.6.